The lowest BCUT2D eigenvalue weighted by Gasteiger charge is -2.36. The number of aromatic nitrogens is 1. The zero-order valence-electron chi connectivity index (χ0n) is 35.9. The minimum absolute atomic E-state index is 0.0230. The first-order chi connectivity index (χ1) is 28.9. The normalized spacial score (nSPS) is 20.3. The number of sulfonamides is 1. The van der Waals surface area contributed by atoms with Gasteiger partial charge in [0.25, 0.3) is 5.92 Å². The lowest BCUT2D eigenvalue weighted by atomic mass is 9.77. The number of nitrogens with one attached hydrogen (secondary N) is 4. The van der Waals surface area contributed by atoms with Crippen LogP contribution in [0.1, 0.15) is 79.2 Å². The van der Waals surface area contributed by atoms with Crippen LogP contribution < -0.4 is 31.1 Å². The van der Waals surface area contributed by atoms with Gasteiger partial charge in [-0.1, -0.05) is 11.6 Å². The van der Waals surface area contributed by atoms with Gasteiger partial charge in [0, 0.05) is 75.3 Å². The van der Waals surface area contributed by atoms with Crippen molar-refractivity contribution in [3.05, 3.63) is 47.1 Å². The summed E-state index contributed by atoms with van der Waals surface area (Å²) in [5.74, 6) is -5.59. The van der Waals surface area contributed by atoms with Crippen molar-refractivity contribution in [2.45, 2.75) is 102 Å². The average Bonchev–Trinajstić information content (AvgIpc) is 3.56. The van der Waals surface area contributed by atoms with Crippen molar-refractivity contribution in [3.63, 3.8) is 0 Å². The Hall–Kier alpha value is -4.82. The van der Waals surface area contributed by atoms with Crippen molar-refractivity contribution in [1.29, 1.82) is 0 Å². The lowest BCUT2D eigenvalue weighted by molar-refractivity contribution is -0.129. The number of ether oxygens (including phenoxy) is 2. The molecule has 5 rings (SSSR count). The predicted octanol–water partition coefficient (Wildman–Crippen LogP) is 4.53. The number of piperazine rings is 1. The Labute approximate surface area is 366 Å². The number of alkyl halides is 2. The molecule has 17 nitrogen and oxygen atoms in total. The highest BCUT2D eigenvalue weighted by molar-refractivity contribution is 7.89. The lowest BCUT2D eigenvalue weighted by Crippen LogP contribution is -2.49. The van der Waals surface area contributed by atoms with Gasteiger partial charge in [0.1, 0.15) is 22.2 Å². The molecular formula is C41H57ClF2N8O9S. The molecule has 2 aliphatic heterocycles. The number of amides is 5. The maximum absolute atomic E-state index is 16.1. The summed E-state index contributed by atoms with van der Waals surface area (Å²) in [6, 6.07) is 7.88. The minimum atomic E-state index is -3.95. The van der Waals surface area contributed by atoms with E-state index in [4.69, 9.17) is 21.1 Å². The third kappa shape index (κ3) is 13.1. The molecule has 2 saturated heterocycles. The summed E-state index contributed by atoms with van der Waals surface area (Å²) in [5.41, 5.74) is -1.23. The Morgan fingerprint density at radius 2 is 1.44 bits per heavy atom. The second-order valence-electron chi connectivity index (χ2n) is 17.6. The summed E-state index contributed by atoms with van der Waals surface area (Å²) < 4.78 is 71.1. The maximum atomic E-state index is 16.1. The third-order valence-electron chi connectivity index (χ3n) is 10.5. The predicted molar refractivity (Wildman–Crippen MR) is 226 cm³/mol. The molecule has 2 aromatic rings. The molecule has 5 amide bonds. The highest BCUT2D eigenvalue weighted by Crippen LogP contribution is 2.46. The van der Waals surface area contributed by atoms with E-state index in [9.17, 15) is 32.4 Å². The molecule has 0 bridgehead atoms. The molecule has 0 unspecified atom stereocenters. The molecule has 342 valence electrons. The van der Waals surface area contributed by atoms with Gasteiger partial charge in [0.15, 0.2) is 0 Å². The molecule has 1 aromatic heterocycles. The molecule has 1 aromatic carbocycles. The fourth-order valence-corrected chi connectivity index (χ4v) is 9.11. The molecule has 0 spiro atoms. The molecule has 4 N–H and O–H groups in total. The van der Waals surface area contributed by atoms with Gasteiger partial charge in [-0.2, -0.15) is 4.31 Å². The van der Waals surface area contributed by atoms with Crippen molar-refractivity contribution in [1.82, 2.24) is 30.6 Å². The average molecular weight is 911 g/mol. The van der Waals surface area contributed by atoms with E-state index in [0.29, 0.717) is 5.69 Å². The molecule has 3 aliphatic rings. The van der Waals surface area contributed by atoms with Crippen LogP contribution in [-0.2, 0) is 39.8 Å². The summed E-state index contributed by atoms with van der Waals surface area (Å²) in [4.78, 5) is 69.0. The van der Waals surface area contributed by atoms with E-state index in [1.54, 1.807) is 46.4 Å². The monoisotopic (exact) mass is 910 g/mol. The van der Waals surface area contributed by atoms with E-state index in [2.05, 4.69) is 26.3 Å². The van der Waals surface area contributed by atoms with E-state index >= 15 is 8.78 Å². The molecular weight excluding hydrogens is 854 g/mol. The SMILES string of the molecule is CC(C)(C)OC(=O)NCC(=O)NCCNC(=O)[C@H]1CC[C@H](C(F)(F)c2cc(Cl)nc(N3CCN(S(=O)(=O)c4ccc(N5C[C@H](NC(=O)OC(C)(C)C)CC5=O)cc4)CC3)c2)CC1. The number of alkyl carbamates (subject to hydrolysis) is 2. The fraction of sp³-hybridized carbons (Fsp3) is 0.610. The Kier molecular flexibility index (Phi) is 15.3. The molecule has 1 saturated carbocycles. The van der Waals surface area contributed by atoms with Crippen molar-refractivity contribution >= 4 is 63.0 Å². The van der Waals surface area contributed by atoms with Gasteiger partial charge in [0.05, 0.1) is 17.5 Å². The number of anilines is 2. The van der Waals surface area contributed by atoms with E-state index in [1.807, 2.05) is 0 Å². The number of benzene rings is 1. The molecule has 0 radical (unpaired) electrons. The van der Waals surface area contributed by atoms with Gasteiger partial charge >= 0.3 is 12.2 Å². The Morgan fingerprint density at radius 1 is 0.839 bits per heavy atom. The number of nitrogens with zero attached hydrogens (tertiary/aromatic N) is 4. The zero-order valence-corrected chi connectivity index (χ0v) is 37.5. The van der Waals surface area contributed by atoms with Crippen molar-refractivity contribution < 1.29 is 50.6 Å². The highest BCUT2D eigenvalue weighted by atomic mass is 35.5. The van der Waals surface area contributed by atoms with Crippen LogP contribution in [0.3, 0.4) is 0 Å². The van der Waals surface area contributed by atoms with Crippen LogP contribution >= 0.6 is 11.6 Å². The topological polar surface area (TPSA) is 209 Å². The number of hydrogen-bond donors (Lipinski definition) is 4. The maximum Gasteiger partial charge on any atom is 0.408 e. The molecule has 1 atom stereocenters. The van der Waals surface area contributed by atoms with Crippen LogP contribution in [0.15, 0.2) is 41.3 Å². The summed E-state index contributed by atoms with van der Waals surface area (Å²) in [6.07, 6.45) is -0.627. The van der Waals surface area contributed by atoms with Crippen LogP contribution in [0.2, 0.25) is 5.15 Å². The number of hydrogen-bond acceptors (Lipinski definition) is 11. The van der Waals surface area contributed by atoms with E-state index in [1.165, 1.54) is 39.5 Å². The summed E-state index contributed by atoms with van der Waals surface area (Å²) in [5, 5.41) is 10.2. The fourth-order valence-electron chi connectivity index (χ4n) is 7.49. The van der Waals surface area contributed by atoms with Gasteiger partial charge in [0.2, 0.25) is 27.7 Å². The van der Waals surface area contributed by atoms with Crippen molar-refractivity contribution in [2.75, 3.05) is 62.2 Å². The number of halogens is 3. The Bertz CT molecular complexity index is 2070. The van der Waals surface area contributed by atoms with E-state index < -0.39 is 63.1 Å². The minimum Gasteiger partial charge on any atom is -0.444 e. The number of pyridine rings is 1. The van der Waals surface area contributed by atoms with Gasteiger partial charge < -0.3 is 40.5 Å². The van der Waals surface area contributed by atoms with Crippen molar-refractivity contribution in [3.8, 4) is 0 Å². The van der Waals surface area contributed by atoms with E-state index in [-0.39, 0.29) is 118 Å². The molecule has 62 heavy (non-hydrogen) atoms. The van der Waals surface area contributed by atoms with Gasteiger partial charge in [-0.05, 0) is 104 Å². The standard InChI is InChI=1S/C41H57ClF2N8O9S/c1-39(2,3)60-37(56)47-24-34(53)45-15-16-46-36(55)26-7-9-27(10-8-26)41(43,44)28-21-32(42)49-33(22-28)50-17-19-51(20-18-50)62(58,59)31-13-11-30(12-14-31)52-25-29(23-35(52)54)48-38(57)61-40(4,5)6/h11-14,21-22,26-27,29H,7-10,15-20,23-25H2,1-6H3,(H,45,53)(H,46,55)(H,47,56)(H,48,57)/t26-,27-,29-/m1/s1. The second-order valence-corrected chi connectivity index (χ2v) is 20.0. The summed E-state index contributed by atoms with van der Waals surface area (Å²) in [6.45, 7) is 10.9. The number of rotatable bonds is 13. The first-order valence-corrected chi connectivity index (χ1v) is 22.5. The summed E-state index contributed by atoms with van der Waals surface area (Å²) in [7, 11) is -3.95. The smallest absolute Gasteiger partial charge is 0.408 e. The molecule has 3 fully saturated rings. The first kappa shape index (κ1) is 48.2. The van der Waals surface area contributed by atoms with Crippen LogP contribution in [0.25, 0.3) is 0 Å². The highest BCUT2D eigenvalue weighted by Gasteiger charge is 2.45. The number of carbonyl (C=O) groups is 5. The Balaban J connectivity index is 1.08. The van der Waals surface area contributed by atoms with Crippen LogP contribution in [-0.4, -0.2) is 117 Å². The molecule has 21 heteroatoms. The van der Waals surface area contributed by atoms with Crippen LogP contribution in [0.4, 0.5) is 29.9 Å². The molecule has 3 heterocycles. The van der Waals surface area contributed by atoms with Crippen LogP contribution in [0, 0.1) is 11.8 Å². The number of carbonyl (C=O) groups excluding carboxylic acids is 5. The second kappa shape index (κ2) is 19.7. The zero-order chi connectivity index (χ0) is 45.6. The van der Waals surface area contributed by atoms with Crippen molar-refractivity contribution in [2.24, 2.45) is 11.8 Å². The van der Waals surface area contributed by atoms with E-state index in [0.717, 1.165) is 6.07 Å². The quantitative estimate of drug-likeness (QED) is 0.162. The Morgan fingerprint density at radius 3 is 2.05 bits per heavy atom. The van der Waals surface area contributed by atoms with Gasteiger partial charge in [-0.25, -0.2) is 31.8 Å². The van der Waals surface area contributed by atoms with Gasteiger partial charge in [-0.3, -0.25) is 14.4 Å². The molecule has 1 aliphatic carbocycles. The van der Waals surface area contributed by atoms with Crippen LogP contribution in [0.5, 0.6) is 0 Å². The first-order valence-electron chi connectivity index (χ1n) is 20.6. The third-order valence-corrected chi connectivity index (χ3v) is 12.6. The van der Waals surface area contributed by atoms with Gasteiger partial charge in [-0.15, -0.1) is 0 Å². The largest absolute Gasteiger partial charge is 0.444 e. The summed E-state index contributed by atoms with van der Waals surface area (Å²) >= 11 is 6.29.